The molecule has 0 fully saturated rings. The van der Waals surface area contributed by atoms with Crippen molar-refractivity contribution >= 4 is 6.19 Å². The third-order valence-corrected chi connectivity index (χ3v) is 3.71. The molecule has 0 heterocycles. The zero-order chi connectivity index (χ0) is 19.1. The Labute approximate surface area is 188 Å². The van der Waals surface area contributed by atoms with Gasteiger partial charge in [0.1, 0.15) is 0 Å². The molecule has 0 aromatic carbocycles. The van der Waals surface area contributed by atoms with Gasteiger partial charge >= 0.3 is 38.5 Å². The van der Waals surface area contributed by atoms with E-state index in [1.165, 1.54) is 16.7 Å². The van der Waals surface area contributed by atoms with Crippen LogP contribution in [-0.2, 0) is 19.2 Å². The van der Waals surface area contributed by atoms with E-state index >= 15 is 0 Å². The molecule has 2 aliphatic rings. The van der Waals surface area contributed by atoms with Gasteiger partial charge in [-0.15, -0.1) is 6.42 Å². The van der Waals surface area contributed by atoms with E-state index in [1.54, 1.807) is 0 Å². The van der Waals surface area contributed by atoms with Crippen molar-refractivity contribution in [3.8, 4) is 0 Å². The minimum Gasteiger partial charge on any atom is -1.00 e. The number of hydrogen-bond acceptors (Lipinski definition) is 0. The molecule has 148 valence electrons. The molecule has 0 aliphatic heterocycles. The smallest absolute Gasteiger partial charge is 1.00 e. The number of halogens is 2. The second-order valence-electron chi connectivity index (χ2n) is 8.93. The number of allylic oxidation sites excluding steroid dienone is 8. The van der Waals surface area contributed by atoms with Crippen LogP contribution in [0.4, 0.5) is 0 Å². The fraction of sp³-hybridized carbons (Fsp3) is 0.636. The Morgan fingerprint density at radius 3 is 1.65 bits per heavy atom. The molecule has 26 heavy (non-hydrogen) atoms. The van der Waals surface area contributed by atoms with Gasteiger partial charge in [0, 0.05) is 0 Å². The molecule has 1 atom stereocenters. The van der Waals surface area contributed by atoms with Crippen molar-refractivity contribution in [1.82, 2.24) is 0 Å². The summed E-state index contributed by atoms with van der Waals surface area (Å²) in [4.78, 5) is 0. The molecular formula is C22H36Cl2SiTi-2. The van der Waals surface area contributed by atoms with Crippen LogP contribution in [0.15, 0.2) is 34.9 Å². The third kappa shape index (κ3) is 14.5. The van der Waals surface area contributed by atoms with Crippen molar-refractivity contribution < 1.29 is 44.0 Å². The zero-order valence-electron chi connectivity index (χ0n) is 18.3. The van der Waals surface area contributed by atoms with Crippen LogP contribution >= 0.6 is 0 Å². The van der Waals surface area contributed by atoms with Crippen molar-refractivity contribution in [2.45, 2.75) is 74.9 Å². The second kappa shape index (κ2) is 13.6. The molecule has 2 aliphatic carbocycles. The van der Waals surface area contributed by atoms with Crippen LogP contribution in [0.5, 0.6) is 0 Å². The molecule has 0 saturated carbocycles. The first-order valence-electron chi connectivity index (χ1n) is 8.85. The molecule has 1 unspecified atom stereocenters. The van der Waals surface area contributed by atoms with Gasteiger partial charge in [-0.1, -0.05) is 66.7 Å². The summed E-state index contributed by atoms with van der Waals surface area (Å²) in [6.45, 7) is 22.2. The van der Waals surface area contributed by atoms with Gasteiger partial charge in [-0.3, -0.25) is 12.2 Å². The summed E-state index contributed by atoms with van der Waals surface area (Å²) in [5.41, 5.74) is 4.86. The molecule has 2 rings (SSSR count). The normalized spacial score (nSPS) is 18.0. The standard InChI is InChI=1S/2C10H15.C2H6Si.2ClH.Ti/c2*1-8-5-6-9(7-8)10(2,3)4;1-3-2;;;/h7H,6H2,1-4H3;6-8H,1-4H3;1-2H3;2*1H;/q2*-1;;;;+2/p-2. The minimum atomic E-state index is 0. The Bertz CT molecular complexity index is 552. The summed E-state index contributed by atoms with van der Waals surface area (Å²) < 4.78 is 0. The van der Waals surface area contributed by atoms with Gasteiger partial charge < -0.3 is 24.8 Å². The first-order chi connectivity index (χ1) is 10.7. The van der Waals surface area contributed by atoms with Gasteiger partial charge in [-0.05, 0) is 5.41 Å². The Hall–Kier alpha value is 0.471. The van der Waals surface area contributed by atoms with Crippen molar-refractivity contribution in [2.75, 3.05) is 0 Å². The van der Waals surface area contributed by atoms with Gasteiger partial charge in [0.2, 0.25) is 0 Å². The Kier molecular flexibility index (Phi) is 16.3. The quantitative estimate of drug-likeness (QED) is 0.382. The summed E-state index contributed by atoms with van der Waals surface area (Å²) in [6, 6.07) is 0. The van der Waals surface area contributed by atoms with Crippen LogP contribution in [0.2, 0.25) is 13.1 Å². The average Bonchev–Trinajstić information content (AvgIpc) is 2.96. The van der Waals surface area contributed by atoms with Gasteiger partial charge in [0.15, 0.2) is 0 Å². The van der Waals surface area contributed by atoms with Crippen molar-refractivity contribution in [3.05, 3.63) is 47.1 Å². The third-order valence-electron chi connectivity index (χ3n) is 3.71. The van der Waals surface area contributed by atoms with Crippen LogP contribution in [0.1, 0.15) is 61.8 Å². The Morgan fingerprint density at radius 1 is 1.04 bits per heavy atom. The van der Waals surface area contributed by atoms with Crippen LogP contribution in [-0.4, -0.2) is 6.19 Å². The molecule has 0 nitrogen and oxygen atoms in total. The number of rotatable bonds is 0. The minimum absolute atomic E-state index is 0. The molecular weight excluding hydrogens is 411 g/mol. The van der Waals surface area contributed by atoms with Gasteiger partial charge in [-0.25, -0.2) is 17.7 Å². The SMILES string of the molecule is CC1=[C-]CC(C(C)(C)C)=C1.CC1[C-]=CC(C(C)(C)C)=C1.C[Si](C)=[Ti+2].[Cl-].[Cl-]. The molecule has 0 aromatic rings. The maximum Gasteiger partial charge on any atom is -1.00 e. The average molecular weight is 447 g/mol. The molecule has 0 bridgehead atoms. The Morgan fingerprint density at radius 2 is 1.50 bits per heavy atom. The van der Waals surface area contributed by atoms with Crippen molar-refractivity contribution in [1.29, 1.82) is 0 Å². The molecule has 0 spiro atoms. The molecule has 0 saturated heterocycles. The van der Waals surface area contributed by atoms with Crippen LogP contribution in [0.25, 0.3) is 0 Å². The first kappa shape index (κ1) is 31.2. The van der Waals surface area contributed by atoms with E-state index in [9.17, 15) is 0 Å². The second-order valence-corrected chi connectivity index (χ2v) is 15.6. The summed E-state index contributed by atoms with van der Waals surface area (Å²) >= 11 is 2.27. The fourth-order valence-corrected chi connectivity index (χ4v) is 2.13. The predicted octanol–water partition coefficient (Wildman–Crippen LogP) is 0.872. The predicted molar refractivity (Wildman–Crippen MR) is 107 cm³/mol. The van der Waals surface area contributed by atoms with E-state index in [0.29, 0.717) is 16.7 Å². The van der Waals surface area contributed by atoms with E-state index in [2.05, 4.69) is 118 Å². The van der Waals surface area contributed by atoms with E-state index < -0.39 is 0 Å². The summed E-state index contributed by atoms with van der Waals surface area (Å²) in [7, 11) is 0. The zero-order valence-corrected chi connectivity index (χ0v) is 22.3. The van der Waals surface area contributed by atoms with Crippen molar-refractivity contribution in [2.24, 2.45) is 16.7 Å². The van der Waals surface area contributed by atoms with E-state index in [-0.39, 0.29) is 31.0 Å². The number of hydrogen-bond donors (Lipinski definition) is 0. The maximum atomic E-state index is 3.30. The fourth-order valence-electron chi connectivity index (χ4n) is 2.13. The Balaban J connectivity index is -0.000000319. The van der Waals surface area contributed by atoms with Gasteiger partial charge in [0.25, 0.3) is 0 Å². The van der Waals surface area contributed by atoms with Crippen molar-refractivity contribution in [3.63, 3.8) is 0 Å². The van der Waals surface area contributed by atoms with Crippen LogP contribution in [0, 0.1) is 28.9 Å². The van der Waals surface area contributed by atoms with Crippen LogP contribution < -0.4 is 24.8 Å². The molecule has 0 amide bonds. The first-order valence-corrected chi connectivity index (χ1v) is 13.7. The van der Waals surface area contributed by atoms with Crippen LogP contribution in [0.3, 0.4) is 0 Å². The van der Waals surface area contributed by atoms with Gasteiger partial charge in [0.05, 0.1) is 0 Å². The molecule has 0 aromatic heterocycles. The summed E-state index contributed by atoms with van der Waals surface area (Å²) in [6.07, 6.45) is 14.4. The summed E-state index contributed by atoms with van der Waals surface area (Å²) in [5.74, 6) is 0.522. The topological polar surface area (TPSA) is 0 Å². The van der Waals surface area contributed by atoms with E-state index in [4.69, 9.17) is 0 Å². The molecule has 4 heteroatoms. The van der Waals surface area contributed by atoms with Gasteiger partial charge in [-0.2, -0.15) is 17.2 Å². The summed E-state index contributed by atoms with van der Waals surface area (Å²) in [5, 5.41) is 0. The van der Waals surface area contributed by atoms with E-state index in [0.717, 1.165) is 6.42 Å². The molecule has 0 N–H and O–H groups in total. The monoisotopic (exact) mass is 446 g/mol. The van der Waals surface area contributed by atoms with E-state index in [1.807, 2.05) is 0 Å². The molecule has 0 radical (unpaired) electrons. The largest absolute Gasteiger partial charge is 1.00 e. The maximum absolute atomic E-state index is 3.30.